The molecule has 12 rings (SSSR count). The van der Waals surface area contributed by atoms with Gasteiger partial charge in [0.15, 0.2) is 0 Å². The number of allylic oxidation sites excluding steroid dienone is 1. The summed E-state index contributed by atoms with van der Waals surface area (Å²) in [5.41, 5.74) is 16.0. The fourth-order valence-corrected chi connectivity index (χ4v) is 11.4. The van der Waals surface area contributed by atoms with Gasteiger partial charge in [-0.25, -0.2) is 4.99 Å². The molecule has 9 aromatic rings. The molecule has 2 aliphatic carbocycles. The summed E-state index contributed by atoms with van der Waals surface area (Å²) in [7, 11) is 0. The molecule has 3 heterocycles. The van der Waals surface area contributed by atoms with Gasteiger partial charge in [0.2, 0.25) is 0 Å². The van der Waals surface area contributed by atoms with Crippen molar-refractivity contribution in [3.8, 4) is 22.3 Å². The van der Waals surface area contributed by atoms with Crippen molar-refractivity contribution in [3.05, 3.63) is 184 Å². The van der Waals surface area contributed by atoms with Crippen molar-refractivity contribution in [1.82, 2.24) is 4.57 Å². The van der Waals surface area contributed by atoms with Crippen LogP contribution in [0.25, 0.3) is 70.7 Å². The first-order valence-electron chi connectivity index (χ1n) is 19.3. The molecule has 3 heteroatoms. The molecule has 0 N–H and O–H groups in total. The van der Waals surface area contributed by atoms with Gasteiger partial charge in [0.1, 0.15) is 5.82 Å². The van der Waals surface area contributed by atoms with E-state index in [9.17, 15) is 0 Å². The van der Waals surface area contributed by atoms with Crippen molar-refractivity contribution in [2.24, 2.45) is 4.99 Å². The second kappa shape index (κ2) is 11.5. The highest BCUT2D eigenvalue weighted by atomic mass is 32.1. The van der Waals surface area contributed by atoms with E-state index in [1.807, 2.05) is 11.3 Å². The molecule has 1 aliphatic heterocycles. The Kier molecular flexibility index (Phi) is 6.47. The highest BCUT2D eigenvalue weighted by molar-refractivity contribution is 7.21. The average molecular weight is 709 g/mol. The molecule has 0 radical (unpaired) electrons. The number of benzene rings is 7. The number of aliphatic imine (C=N–C) groups is 1. The molecule has 2 unspecified atom stereocenters. The Bertz CT molecular complexity index is 3100. The van der Waals surface area contributed by atoms with Gasteiger partial charge in [-0.1, -0.05) is 134 Å². The lowest BCUT2D eigenvalue weighted by atomic mass is 9.72. The molecular weight excluding hydrogens is 673 g/mol. The van der Waals surface area contributed by atoms with Gasteiger partial charge >= 0.3 is 0 Å². The number of fused-ring (bicyclic) bond motifs is 15. The number of rotatable bonds is 2. The third-order valence-corrected chi connectivity index (χ3v) is 13.8. The van der Waals surface area contributed by atoms with Crippen LogP contribution in [0.5, 0.6) is 0 Å². The molecule has 3 aliphatic rings. The van der Waals surface area contributed by atoms with Crippen LogP contribution in [0.3, 0.4) is 0 Å². The number of hydrogen-bond donors (Lipinski definition) is 0. The van der Waals surface area contributed by atoms with E-state index in [4.69, 9.17) is 4.99 Å². The average Bonchev–Trinajstić information content (AvgIpc) is 3.71. The predicted molar refractivity (Wildman–Crippen MR) is 229 cm³/mol. The van der Waals surface area contributed by atoms with Crippen LogP contribution in [0.15, 0.2) is 157 Å². The fourth-order valence-electron chi connectivity index (χ4n) is 10.2. The maximum atomic E-state index is 5.78. The summed E-state index contributed by atoms with van der Waals surface area (Å²) in [4.78, 5) is 7.07. The van der Waals surface area contributed by atoms with Crippen molar-refractivity contribution in [2.75, 3.05) is 0 Å². The van der Waals surface area contributed by atoms with E-state index in [2.05, 4.69) is 163 Å². The molecule has 54 heavy (non-hydrogen) atoms. The molecule has 0 saturated heterocycles. The van der Waals surface area contributed by atoms with Gasteiger partial charge in [0.25, 0.3) is 0 Å². The normalized spacial score (nSPS) is 17.4. The van der Waals surface area contributed by atoms with Crippen LogP contribution in [0.1, 0.15) is 57.9 Å². The van der Waals surface area contributed by atoms with Gasteiger partial charge in [-0.15, -0.1) is 11.3 Å². The number of aromatic nitrogens is 1. The second-order valence-corrected chi connectivity index (χ2v) is 16.3. The summed E-state index contributed by atoms with van der Waals surface area (Å²) in [5.74, 6) is 1.80. The summed E-state index contributed by atoms with van der Waals surface area (Å²) in [5, 5.41) is 6.62. The SMILES string of the molecule is CC1c2ccc3ccccc3c2-c2cc3c(c4c2CC1c1ccccc1-4)c1ccccc1n3C1=CCCc2c(sc3ccccc23)C(c2ccccc2)=N1. The number of aryl methyl sites for hydroxylation is 1. The molecule has 7 aromatic carbocycles. The van der Waals surface area contributed by atoms with E-state index in [1.54, 1.807) is 0 Å². The first-order valence-corrected chi connectivity index (χ1v) is 20.1. The number of thiophene rings is 1. The number of hydrogen-bond acceptors (Lipinski definition) is 2. The molecule has 256 valence electrons. The monoisotopic (exact) mass is 708 g/mol. The lowest BCUT2D eigenvalue weighted by Gasteiger charge is -2.31. The van der Waals surface area contributed by atoms with E-state index in [1.165, 1.54) is 92.0 Å². The topological polar surface area (TPSA) is 17.3 Å². The molecule has 2 aromatic heterocycles. The summed E-state index contributed by atoms with van der Waals surface area (Å²) >= 11 is 1.88. The minimum Gasteiger partial charge on any atom is -0.294 e. The van der Waals surface area contributed by atoms with Gasteiger partial charge < -0.3 is 0 Å². The van der Waals surface area contributed by atoms with E-state index in [-0.39, 0.29) is 0 Å². The van der Waals surface area contributed by atoms with Crippen LogP contribution < -0.4 is 0 Å². The van der Waals surface area contributed by atoms with Crippen molar-refractivity contribution in [2.45, 2.75) is 38.0 Å². The van der Waals surface area contributed by atoms with Gasteiger partial charge in [-0.3, -0.25) is 4.57 Å². The zero-order valence-corrected chi connectivity index (χ0v) is 30.8. The van der Waals surface area contributed by atoms with Gasteiger partial charge in [-0.05, 0) is 116 Å². The molecule has 2 bridgehead atoms. The number of nitrogens with zero attached hydrogens (tertiary/aromatic N) is 2. The maximum Gasteiger partial charge on any atom is 0.134 e. The molecule has 2 nitrogen and oxygen atoms in total. The van der Waals surface area contributed by atoms with Crippen LogP contribution in [-0.2, 0) is 12.8 Å². The molecule has 0 amide bonds. The van der Waals surface area contributed by atoms with Crippen molar-refractivity contribution < 1.29 is 0 Å². The Morgan fingerprint density at radius 1 is 0.630 bits per heavy atom. The predicted octanol–water partition coefficient (Wildman–Crippen LogP) is 13.5. The van der Waals surface area contributed by atoms with Crippen LogP contribution in [0.4, 0.5) is 0 Å². The summed E-state index contributed by atoms with van der Waals surface area (Å²) in [6.07, 6.45) is 5.32. The van der Waals surface area contributed by atoms with Crippen molar-refractivity contribution in [3.63, 3.8) is 0 Å². The Labute approximate surface area is 318 Å². The fraction of sp³-hybridized carbons (Fsp3) is 0.118. The van der Waals surface area contributed by atoms with Crippen LogP contribution in [0, 0.1) is 0 Å². The number of para-hydroxylation sites is 1. The Morgan fingerprint density at radius 2 is 1.39 bits per heavy atom. The van der Waals surface area contributed by atoms with E-state index < -0.39 is 0 Å². The first-order chi connectivity index (χ1) is 26.7. The quantitative estimate of drug-likeness (QED) is 0.170. The standard InChI is InChI=1S/C51H36N2S/c1-30-33-27-26-31-14-5-6-17-34(31)47(33)42-29-44-49(48-37-20-8-7-18-35(37)40(30)28-41(42)48)39-21-9-11-23-43(39)53(44)46-25-13-22-38-36-19-10-12-24-45(36)54-51(38)50(52-46)32-15-3-2-4-16-32/h2-12,14-21,23-27,29-30,40H,13,22,28H2,1H3. The van der Waals surface area contributed by atoms with Crippen LogP contribution in [-0.4, -0.2) is 10.3 Å². The van der Waals surface area contributed by atoms with Gasteiger partial charge in [0, 0.05) is 21.0 Å². The minimum atomic E-state index is 0.381. The maximum absolute atomic E-state index is 5.78. The summed E-state index contributed by atoms with van der Waals surface area (Å²) in [6.45, 7) is 2.46. The minimum absolute atomic E-state index is 0.381. The molecular formula is C51H36N2S. The Hall–Kier alpha value is -6.03. The highest BCUT2D eigenvalue weighted by Gasteiger charge is 2.38. The zero-order valence-electron chi connectivity index (χ0n) is 30.0. The first kappa shape index (κ1) is 30.4. The van der Waals surface area contributed by atoms with Gasteiger partial charge in [0.05, 0.1) is 21.6 Å². The van der Waals surface area contributed by atoms with E-state index in [0.717, 1.165) is 36.4 Å². The van der Waals surface area contributed by atoms with Gasteiger partial charge in [-0.2, -0.15) is 0 Å². The largest absolute Gasteiger partial charge is 0.294 e. The van der Waals surface area contributed by atoms with Crippen LogP contribution in [0.2, 0.25) is 0 Å². The smallest absolute Gasteiger partial charge is 0.134 e. The lowest BCUT2D eigenvalue weighted by molar-refractivity contribution is 0.576. The lowest BCUT2D eigenvalue weighted by Crippen LogP contribution is -2.15. The third kappa shape index (κ3) is 4.19. The van der Waals surface area contributed by atoms with Crippen LogP contribution >= 0.6 is 11.3 Å². The summed E-state index contributed by atoms with van der Waals surface area (Å²) < 4.78 is 3.82. The molecule has 2 atom stereocenters. The second-order valence-electron chi connectivity index (χ2n) is 15.3. The zero-order chi connectivity index (χ0) is 35.5. The molecule has 0 fully saturated rings. The van der Waals surface area contributed by atoms with E-state index >= 15 is 0 Å². The van der Waals surface area contributed by atoms with Crippen molar-refractivity contribution >= 4 is 65.5 Å². The van der Waals surface area contributed by atoms with E-state index in [0.29, 0.717) is 11.8 Å². The Balaban J connectivity index is 1.23. The third-order valence-electron chi connectivity index (χ3n) is 12.6. The molecule has 0 spiro atoms. The summed E-state index contributed by atoms with van der Waals surface area (Å²) in [6, 6.07) is 54.3. The van der Waals surface area contributed by atoms with Crippen molar-refractivity contribution in [1.29, 1.82) is 0 Å². The highest BCUT2D eigenvalue weighted by Crippen LogP contribution is 2.57. The Morgan fingerprint density at radius 3 is 2.30 bits per heavy atom. The molecule has 0 saturated carbocycles.